The smallest absolute Gasteiger partial charge is 0.119 e. The Balaban J connectivity index is 1.83. The van der Waals surface area contributed by atoms with Gasteiger partial charge in [0.1, 0.15) is 11.5 Å². The van der Waals surface area contributed by atoms with Crippen LogP contribution in [0.5, 0.6) is 11.5 Å². The van der Waals surface area contributed by atoms with Crippen molar-refractivity contribution in [3.8, 4) is 11.5 Å². The first kappa shape index (κ1) is 17.2. The largest absolute Gasteiger partial charge is 0.494 e. The standard InChI is InChI=1S/C20H27NO2/c1-3-5-14-23-19-11-9-18(10-12-19)21-16-17-7-6-8-20(15-17)22-13-4-2/h6-12,15,21H,3-5,13-14,16H2,1-2H3. The summed E-state index contributed by atoms with van der Waals surface area (Å²) in [5, 5.41) is 3.43. The lowest BCUT2D eigenvalue weighted by molar-refractivity contribution is 0.309. The fourth-order valence-electron chi connectivity index (χ4n) is 2.17. The minimum absolute atomic E-state index is 0.760. The molecule has 2 aromatic rings. The molecule has 0 atom stereocenters. The molecule has 0 amide bonds. The molecule has 1 N–H and O–H groups in total. The van der Waals surface area contributed by atoms with Crippen LogP contribution in [0.4, 0.5) is 5.69 Å². The molecule has 0 heterocycles. The van der Waals surface area contributed by atoms with E-state index in [1.807, 2.05) is 24.3 Å². The van der Waals surface area contributed by atoms with Gasteiger partial charge in [0.25, 0.3) is 0 Å². The van der Waals surface area contributed by atoms with E-state index in [1.54, 1.807) is 0 Å². The number of hydrogen-bond acceptors (Lipinski definition) is 3. The van der Waals surface area contributed by atoms with E-state index >= 15 is 0 Å². The number of hydrogen-bond donors (Lipinski definition) is 1. The molecule has 0 aromatic heterocycles. The van der Waals surface area contributed by atoms with Crippen molar-refractivity contribution < 1.29 is 9.47 Å². The first-order valence-electron chi connectivity index (χ1n) is 8.50. The molecule has 124 valence electrons. The monoisotopic (exact) mass is 313 g/mol. The molecule has 0 radical (unpaired) electrons. The Morgan fingerprint density at radius 3 is 2.35 bits per heavy atom. The maximum absolute atomic E-state index is 5.67. The molecule has 0 fully saturated rings. The van der Waals surface area contributed by atoms with E-state index in [9.17, 15) is 0 Å². The van der Waals surface area contributed by atoms with Crippen molar-refractivity contribution in [3.05, 3.63) is 54.1 Å². The van der Waals surface area contributed by atoms with Crippen LogP contribution in [-0.2, 0) is 6.54 Å². The Morgan fingerprint density at radius 1 is 0.826 bits per heavy atom. The van der Waals surface area contributed by atoms with E-state index in [1.165, 1.54) is 5.56 Å². The van der Waals surface area contributed by atoms with Gasteiger partial charge in [-0.1, -0.05) is 32.4 Å². The van der Waals surface area contributed by atoms with E-state index in [4.69, 9.17) is 9.47 Å². The normalized spacial score (nSPS) is 10.3. The molecule has 0 aliphatic rings. The van der Waals surface area contributed by atoms with E-state index < -0.39 is 0 Å². The molecule has 0 bridgehead atoms. The molecule has 0 spiro atoms. The number of nitrogens with one attached hydrogen (secondary N) is 1. The van der Waals surface area contributed by atoms with E-state index in [0.717, 1.165) is 56.2 Å². The summed E-state index contributed by atoms with van der Waals surface area (Å²) in [6.07, 6.45) is 3.27. The maximum Gasteiger partial charge on any atom is 0.119 e. The molecule has 0 saturated heterocycles. The van der Waals surface area contributed by atoms with Crippen LogP contribution in [0.25, 0.3) is 0 Å². The van der Waals surface area contributed by atoms with Crippen LogP contribution in [0.15, 0.2) is 48.5 Å². The third-order valence-electron chi connectivity index (χ3n) is 3.49. The van der Waals surface area contributed by atoms with Crippen LogP contribution < -0.4 is 14.8 Å². The summed E-state index contributed by atoms with van der Waals surface area (Å²) < 4.78 is 11.3. The minimum atomic E-state index is 0.760. The van der Waals surface area contributed by atoms with Gasteiger partial charge in [0, 0.05) is 12.2 Å². The van der Waals surface area contributed by atoms with E-state index in [0.29, 0.717) is 0 Å². The van der Waals surface area contributed by atoms with Crippen LogP contribution in [-0.4, -0.2) is 13.2 Å². The van der Waals surface area contributed by atoms with E-state index in [-0.39, 0.29) is 0 Å². The zero-order valence-corrected chi connectivity index (χ0v) is 14.2. The summed E-state index contributed by atoms with van der Waals surface area (Å²) >= 11 is 0. The summed E-state index contributed by atoms with van der Waals surface area (Å²) in [5.41, 5.74) is 2.30. The fraction of sp³-hybridized carbons (Fsp3) is 0.400. The summed E-state index contributed by atoms with van der Waals surface area (Å²) in [5.74, 6) is 1.87. The molecular weight excluding hydrogens is 286 g/mol. The van der Waals surface area contributed by atoms with Crippen molar-refractivity contribution in [2.75, 3.05) is 18.5 Å². The van der Waals surface area contributed by atoms with Crippen molar-refractivity contribution >= 4 is 5.69 Å². The van der Waals surface area contributed by atoms with Crippen molar-refractivity contribution in [2.24, 2.45) is 0 Å². The first-order chi connectivity index (χ1) is 11.3. The van der Waals surface area contributed by atoms with Gasteiger partial charge in [-0.05, 0) is 54.8 Å². The van der Waals surface area contributed by atoms with Gasteiger partial charge in [0.05, 0.1) is 13.2 Å². The van der Waals surface area contributed by atoms with Gasteiger partial charge in [0.2, 0.25) is 0 Å². The first-order valence-corrected chi connectivity index (χ1v) is 8.50. The second-order valence-corrected chi connectivity index (χ2v) is 5.58. The number of anilines is 1. The predicted octanol–water partition coefficient (Wildman–Crippen LogP) is 5.27. The molecule has 0 saturated carbocycles. The molecule has 0 aliphatic carbocycles. The predicted molar refractivity (Wildman–Crippen MR) is 96.4 cm³/mol. The van der Waals surface area contributed by atoms with Gasteiger partial charge < -0.3 is 14.8 Å². The molecular formula is C20H27NO2. The highest BCUT2D eigenvalue weighted by molar-refractivity contribution is 5.47. The SMILES string of the molecule is CCCCOc1ccc(NCc2cccc(OCCC)c2)cc1. The van der Waals surface area contributed by atoms with Crippen molar-refractivity contribution in [1.82, 2.24) is 0 Å². The molecule has 23 heavy (non-hydrogen) atoms. The van der Waals surface area contributed by atoms with Crippen LogP contribution in [0, 0.1) is 0 Å². The highest BCUT2D eigenvalue weighted by Gasteiger charge is 1.99. The Kier molecular flexibility index (Phi) is 7.31. The van der Waals surface area contributed by atoms with Gasteiger partial charge in [-0.15, -0.1) is 0 Å². The highest BCUT2D eigenvalue weighted by Crippen LogP contribution is 2.18. The second-order valence-electron chi connectivity index (χ2n) is 5.58. The number of ether oxygens (including phenoxy) is 2. The summed E-state index contributed by atoms with van der Waals surface area (Å²) in [6.45, 7) is 6.60. The third kappa shape index (κ3) is 6.23. The molecule has 2 rings (SSSR count). The Morgan fingerprint density at radius 2 is 1.61 bits per heavy atom. The average Bonchev–Trinajstić information content (AvgIpc) is 2.60. The number of unbranched alkanes of at least 4 members (excludes halogenated alkanes) is 1. The van der Waals surface area contributed by atoms with Crippen LogP contribution >= 0.6 is 0 Å². The van der Waals surface area contributed by atoms with Crippen molar-refractivity contribution in [3.63, 3.8) is 0 Å². The zero-order chi connectivity index (χ0) is 16.3. The van der Waals surface area contributed by atoms with Gasteiger partial charge in [-0.25, -0.2) is 0 Å². The average molecular weight is 313 g/mol. The van der Waals surface area contributed by atoms with Gasteiger partial charge >= 0.3 is 0 Å². The minimum Gasteiger partial charge on any atom is -0.494 e. The molecule has 3 heteroatoms. The lowest BCUT2D eigenvalue weighted by atomic mass is 10.2. The van der Waals surface area contributed by atoms with Crippen LogP contribution in [0.2, 0.25) is 0 Å². The summed E-state index contributed by atoms with van der Waals surface area (Å²) in [7, 11) is 0. The van der Waals surface area contributed by atoms with Crippen molar-refractivity contribution in [1.29, 1.82) is 0 Å². The Labute approximate surface area is 139 Å². The van der Waals surface area contributed by atoms with Crippen LogP contribution in [0.1, 0.15) is 38.7 Å². The second kappa shape index (κ2) is 9.78. The molecule has 2 aromatic carbocycles. The zero-order valence-electron chi connectivity index (χ0n) is 14.2. The molecule has 0 aliphatic heterocycles. The topological polar surface area (TPSA) is 30.5 Å². The summed E-state index contributed by atoms with van der Waals surface area (Å²) in [6, 6.07) is 16.4. The summed E-state index contributed by atoms with van der Waals surface area (Å²) in [4.78, 5) is 0. The lowest BCUT2D eigenvalue weighted by Crippen LogP contribution is -2.01. The van der Waals surface area contributed by atoms with Gasteiger partial charge in [-0.2, -0.15) is 0 Å². The third-order valence-corrected chi connectivity index (χ3v) is 3.49. The fourth-order valence-corrected chi connectivity index (χ4v) is 2.17. The van der Waals surface area contributed by atoms with Gasteiger partial charge in [0.15, 0.2) is 0 Å². The highest BCUT2D eigenvalue weighted by atomic mass is 16.5. The van der Waals surface area contributed by atoms with Gasteiger partial charge in [-0.3, -0.25) is 0 Å². The van der Waals surface area contributed by atoms with Crippen LogP contribution in [0.3, 0.4) is 0 Å². The van der Waals surface area contributed by atoms with E-state index in [2.05, 4.69) is 43.4 Å². The number of benzene rings is 2. The number of rotatable bonds is 10. The Bertz CT molecular complexity index is 566. The van der Waals surface area contributed by atoms with Crippen molar-refractivity contribution in [2.45, 2.75) is 39.7 Å². The molecule has 0 unspecified atom stereocenters. The lowest BCUT2D eigenvalue weighted by Gasteiger charge is -2.10. The molecule has 3 nitrogen and oxygen atoms in total. The quantitative estimate of drug-likeness (QED) is 0.606. The maximum atomic E-state index is 5.67. The Hall–Kier alpha value is -2.16.